The molecule has 5 heteroatoms. The molecule has 1 aliphatic carbocycles. The summed E-state index contributed by atoms with van der Waals surface area (Å²) in [7, 11) is 0. The van der Waals surface area contributed by atoms with Crippen LogP contribution in [0.3, 0.4) is 0 Å². The maximum Gasteiger partial charge on any atom is 0.274 e. The minimum Gasteiger partial charge on any atom is -0.342 e. The third-order valence-corrected chi connectivity index (χ3v) is 5.55. The summed E-state index contributed by atoms with van der Waals surface area (Å²) >= 11 is 0. The van der Waals surface area contributed by atoms with Crippen LogP contribution in [0.4, 0.5) is 0 Å². The highest BCUT2D eigenvalue weighted by atomic mass is 16.5. The van der Waals surface area contributed by atoms with Gasteiger partial charge in [0.15, 0.2) is 0 Å². The van der Waals surface area contributed by atoms with E-state index < -0.39 is 5.91 Å². The van der Waals surface area contributed by atoms with Gasteiger partial charge in [-0.25, -0.2) is 5.48 Å². The molecule has 0 radical (unpaired) electrons. The van der Waals surface area contributed by atoms with Gasteiger partial charge < -0.3 is 4.90 Å². The van der Waals surface area contributed by atoms with E-state index in [2.05, 4.69) is 13.8 Å². The number of nitrogens with zero attached hydrogens (tertiary/aromatic N) is 1. The molecule has 1 atom stereocenters. The average molecular weight is 330 g/mol. The van der Waals surface area contributed by atoms with Crippen molar-refractivity contribution in [3.8, 4) is 0 Å². The number of amides is 2. The number of likely N-dealkylation sites (tertiary alicyclic amines) is 1. The van der Waals surface area contributed by atoms with Gasteiger partial charge in [0.1, 0.15) is 0 Å². The van der Waals surface area contributed by atoms with Crippen molar-refractivity contribution in [2.75, 3.05) is 13.1 Å². The van der Waals surface area contributed by atoms with Crippen LogP contribution >= 0.6 is 0 Å². The number of hydrogen-bond donors (Lipinski definition) is 2. The van der Waals surface area contributed by atoms with Crippen LogP contribution in [0.1, 0.15) is 54.6 Å². The molecule has 2 N–H and O–H groups in total. The van der Waals surface area contributed by atoms with Crippen LogP contribution in [0.15, 0.2) is 18.2 Å². The van der Waals surface area contributed by atoms with Crippen molar-refractivity contribution in [3.05, 3.63) is 34.9 Å². The summed E-state index contributed by atoms with van der Waals surface area (Å²) in [5.74, 6) is 0.375. The van der Waals surface area contributed by atoms with Crippen molar-refractivity contribution >= 4 is 11.8 Å². The van der Waals surface area contributed by atoms with E-state index in [1.54, 1.807) is 11.5 Å². The van der Waals surface area contributed by atoms with Gasteiger partial charge in [-0.05, 0) is 61.3 Å². The Morgan fingerprint density at radius 2 is 2.12 bits per heavy atom. The van der Waals surface area contributed by atoms with Gasteiger partial charge in [0, 0.05) is 18.7 Å². The Kier molecular flexibility index (Phi) is 4.63. The van der Waals surface area contributed by atoms with Crippen LogP contribution in [0.5, 0.6) is 0 Å². The molecule has 0 aromatic heterocycles. The van der Waals surface area contributed by atoms with Gasteiger partial charge >= 0.3 is 0 Å². The van der Waals surface area contributed by atoms with Gasteiger partial charge in [-0.2, -0.15) is 0 Å². The summed E-state index contributed by atoms with van der Waals surface area (Å²) in [6.45, 7) is 6.05. The highest BCUT2D eigenvalue weighted by Gasteiger charge is 2.47. The van der Waals surface area contributed by atoms with E-state index in [0.29, 0.717) is 17.9 Å². The summed E-state index contributed by atoms with van der Waals surface area (Å²) in [6, 6.07) is 5.50. The number of hydroxylamine groups is 1. The van der Waals surface area contributed by atoms with Crippen LogP contribution in [-0.2, 0) is 17.6 Å². The second-order valence-corrected chi connectivity index (χ2v) is 7.61. The Morgan fingerprint density at radius 3 is 2.83 bits per heavy atom. The second kappa shape index (κ2) is 6.55. The van der Waals surface area contributed by atoms with Crippen molar-refractivity contribution in [3.63, 3.8) is 0 Å². The number of benzene rings is 1. The molecule has 3 rings (SSSR count). The van der Waals surface area contributed by atoms with Crippen molar-refractivity contribution in [2.45, 2.75) is 46.0 Å². The minimum atomic E-state index is -0.506. The average Bonchev–Trinajstić information content (AvgIpc) is 2.87. The van der Waals surface area contributed by atoms with Crippen molar-refractivity contribution in [1.29, 1.82) is 0 Å². The zero-order valence-corrected chi connectivity index (χ0v) is 14.5. The molecular formula is C19H26N2O3. The normalized spacial score (nSPS) is 23.0. The zero-order valence-electron chi connectivity index (χ0n) is 14.5. The lowest BCUT2D eigenvalue weighted by Gasteiger charge is -2.33. The number of rotatable bonds is 4. The fraction of sp³-hybridized carbons (Fsp3) is 0.579. The number of hydrogen-bond acceptors (Lipinski definition) is 3. The smallest absolute Gasteiger partial charge is 0.274 e. The highest BCUT2D eigenvalue weighted by Crippen LogP contribution is 2.44. The van der Waals surface area contributed by atoms with E-state index in [1.165, 1.54) is 5.56 Å². The number of carbonyl (C=O) groups excluding carboxylic acids is 2. The molecule has 2 aliphatic rings. The molecule has 130 valence electrons. The number of fused-ring (bicyclic) bond motifs is 1. The monoisotopic (exact) mass is 330 g/mol. The fourth-order valence-electron chi connectivity index (χ4n) is 3.98. The molecule has 1 aromatic carbocycles. The third-order valence-electron chi connectivity index (χ3n) is 5.55. The topological polar surface area (TPSA) is 69.6 Å². The number of aryl methyl sites for hydroxylation is 1. The lowest BCUT2D eigenvalue weighted by molar-refractivity contribution is -0.136. The Hall–Kier alpha value is -1.88. The maximum absolute atomic E-state index is 13.0. The standard InChI is InChI=1S/C19H26N2O3/c1-13(2)6-9-21-10-8-19(18(21)23)7-5-14-3-4-15(17(22)20-24)11-16(14)12-19/h3-4,11,13,24H,5-10,12H2,1-2H3,(H,20,22). The van der Waals surface area contributed by atoms with E-state index in [9.17, 15) is 9.59 Å². The Labute approximate surface area is 143 Å². The molecule has 1 spiro atoms. The molecule has 1 fully saturated rings. The lowest BCUT2D eigenvalue weighted by atomic mass is 9.70. The first kappa shape index (κ1) is 17.0. The molecule has 2 amide bonds. The van der Waals surface area contributed by atoms with Crippen LogP contribution in [0.2, 0.25) is 0 Å². The van der Waals surface area contributed by atoms with Gasteiger partial charge in [0.25, 0.3) is 5.91 Å². The van der Waals surface area contributed by atoms with Gasteiger partial charge in [-0.1, -0.05) is 19.9 Å². The predicted molar refractivity (Wildman–Crippen MR) is 90.8 cm³/mol. The molecular weight excluding hydrogens is 304 g/mol. The van der Waals surface area contributed by atoms with Gasteiger partial charge in [-0.3, -0.25) is 14.8 Å². The molecule has 1 heterocycles. The predicted octanol–water partition coefficient (Wildman–Crippen LogP) is 2.56. The van der Waals surface area contributed by atoms with Crippen LogP contribution in [0, 0.1) is 11.3 Å². The maximum atomic E-state index is 13.0. The molecule has 24 heavy (non-hydrogen) atoms. The van der Waals surface area contributed by atoms with E-state index in [0.717, 1.165) is 44.3 Å². The molecule has 5 nitrogen and oxygen atoms in total. The highest BCUT2D eigenvalue weighted by molar-refractivity contribution is 5.93. The van der Waals surface area contributed by atoms with E-state index >= 15 is 0 Å². The number of carbonyl (C=O) groups is 2. The largest absolute Gasteiger partial charge is 0.342 e. The quantitative estimate of drug-likeness (QED) is 0.658. The van der Waals surface area contributed by atoms with Gasteiger partial charge in [0.2, 0.25) is 5.91 Å². The van der Waals surface area contributed by atoms with Gasteiger partial charge in [0.05, 0.1) is 5.41 Å². The summed E-state index contributed by atoms with van der Waals surface area (Å²) < 4.78 is 0. The Morgan fingerprint density at radius 1 is 1.33 bits per heavy atom. The van der Waals surface area contributed by atoms with Crippen LogP contribution in [-0.4, -0.2) is 35.0 Å². The lowest BCUT2D eigenvalue weighted by Crippen LogP contribution is -2.39. The summed E-state index contributed by atoms with van der Waals surface area (Å²) in [5.41, 5.74) is 4.11. The first-order valence-corrected chi connectivity index (χ1v) is 8.81. The summed E-state index contributed by atoms with van der Waals surface area (Å²) in [6.07, 6.45) is 4.41. The molecule has 1 unspecified atom stereocenters. The first-order valence-electron chi connectivity index (χ1n) is 8.81. The van der Waals surface area contributed by atoms with Crippen molar-refractivity contribution < 1.29 is 14.8 Å². The Bertz CT molecular complexity index is 656. The Balaban J connectivity index is 1.78. The van der Waals surface area contributed by atoms with Gasteiger partial charge in [-0.15, -0.1) is 0 Å². The van der Waals surface area contributed by atoms with Crippen LogP contribution in [0.25, 0.3) is 0 Å². The summed E-state index contributed by atoms with van der Waals surface area (Å²) in [4.78, 5) is 26.7. The molecule has 1 aromatic rings. The van der Waals surface area contributed by atoms with E-state index in [4.69, 9.17) is 5.21 Å². The summed E-state index contributed by atoms with van der Waals surface area (Å²) in [5, 5.41) is 8.82. The molecule has 0 bridgehead atoms. The minimum absolute atomic E-state index is 0.283. The fourth-order valence-corrected chi connectivity index (χ4v) is 3.98. The van der Waals surface area contributed by atoms with Crippen molar-refractivity contribution in [2.24, 2.45) is 11.3 Å². The first-order chi connectivity index (χ1) is 11.4. The molecule has 0 saturated carbocycles. The van der Waals surface area contributed by atoms with Crippen molar-refractivity contribution in [1.82, 2.24) is 10.4 Å². The SMILES string of the molecule is CC(C)CCN1CCC2(CCc3ccc(C(=O)NO)cc3C2)C1=O. The zero-order chi connectivity index (χ0) is 17.3. The molecule has 1 saturated heterocycles. The third kappa shape index (κ3) is 3.05. The second-order valence-electron chi connectivity index (χ2n) is 7.61. The van der Waals surface area contributed by atoms with E-state index in [1.807, 2.05) is 17.0 Å². The van der Waals surface area contributed by atoms with Crippen LogP contribution < -0.4 is 5.48 Å². The molecule has 1 aliphatic heterocycles. The number of nitrogens with one attached hydrogen (secondary N) is 1. The van der Waals surface area contributed by atoms with E-state index in [-0.39, 0.29) is 11.3 Å².